The lowest BCUT2D eigenvalue weighted by Gasteiger charge is -2.16. The Balaban J connectivity index is 2.20. The molecule has 0 radical (unpaired) electrons. The van der Waals surface area contributed by atoms with Gasteiger partial charge in [-0.2, -0.15) is 0 Å². The van der Waals surface area contributed by atoms with E-state index in [1.54, 1.807) is 7.11 Å². The van der Waals surface area contributed by atoms with Crippen LogP contribution in [0.4, 0.5) is 4.39 Å². The summed E-state index contributed by atoms with van der Waals surface area (Å²) < 4.78 is 19.0. The van der Waals surface area contributed by atoms with Gasteiger partial charge in [0.1, 0.15) is 5.82 Å². The van der Waals surface area contributed by atoms with Crippen molar-refractivity contribution in [3.8, 4) is 0 Å². The third kappa shape index (κ3) is 3.66. The molecule has 1 fully saturated rings. The summed E-state index contributed by atoms with van der Waals surface area (Å²) in [7, 11) is 1.58. The van der Waals surface area contributed by atoms with E-state index in [0.717, 1.165) is 12.5 Å². The first-order valence-electron chi connectivity index (χ1n) is 6.54. The number of carbonyl (C=O) groups excluding carboxylic acids is 1. The van der Waals surface area contributed by atoms with Gasteiger partial charge in [-0.05, 0) is 30.2 Å². The minimum absolute atomic E-state index is 0.0212. The number of rotatable bonds is 4. The quantitative estimate of drug-likeness (QED) is 0.859. The lowest BCUT2D eigenvalue weighted by molar-refractivity contribution is -0.131. The first-order chi connectivity index (χ1) is 10.0. The van der Waals surface area contributed by atoms with Crippen LogP contribution in [-0.4, -0.2) is 48.2 Å². The van der Waals surface area contributed by atoms with Gasteiger partial charge in [-0.15, -0.1) is 0 Å². The van der Waals surface area contributed by atoms with Crippen LogP contribution in [-0.2, 0) is 9.53 Å². The van der Waals surface area contributed by atoms with Crippen molar-refractivity contribution in [2.45, 2.75) is 12.5 Å². The minimum Gasteiger partial charge on any atom is -0.478 e. The Labute approximate surface area is 121 Å². The van der Waals surface area contributed by atoms with Gasteiger partial charge in [0.25, 0.3) is 5.91 Å². The van der Waals surface area contributed by atoms with Crippen molar-refractivity contribution in [1.29, 1.82) is 0 Å². The summed E-state index contributed by atoms with van der Waals surface area (Å²) in [5.41, 5.74) is 0.406. The van der Waals surface area contributed by atoms with Crippen LogP contribution >= 0.6 is 0 Å². The Morgan fingerprint density at radius 2 is 2.24 bits per heavy atom. The molecule has 1 aliphatic heterocycles. The summed E-state index contributed by atoms with van der Waals surface area (Å²) in [6, 6.07) is 3.95. The highest BCUT2D eigenvalue weighted by molar-refractivity contribution is 5.95. The highest BCUT2D eigenvalue weighted by Gasteiger charge is 2.28. The number of halogens is 1. The van der Waals surface area contributed by atoms with E-state index in [2.05, 4.69) is 0 Å². The molecule has 1 heterocycles. The van der Waals surface area contributed by atoms with Crippen molar-refractivity contribution in [3.63, 3.8) is 0 Å². The predicted octanol–water partition coefficient (Wildman–Crippen LogP) is 1.78. The standard InChI is InChI=1S/C15H16FNO4/c1-21-11-6-7-17(9-11)15(20)12-8-10(2-4-13(12)16)3-5-14(18)19/h2-5,8,11H,6-7,9H2,1H3,(H,18,19)/b5-3+. The maximum atomic E-state index is 13.8. The first-order valence-corrected chi connectivity index (χ1v) is 6.54. The van der Waals surface area contributed by atoms with Crippen LogP contribution in [0.1, 0.15) is 22.3 Å². The molecule has 1 amide bonds. The second kappa shape index (κ2) is 6.49. The maximum absolute atomic E-state index is 13.8. The molecule has 1 atom stereocenters. The Bertz CT molecular complexity index is 585. The molecule has 5 nitrogen and oxygen atoms in total. The first kappa shape index (κ1) is 15.2. The summed E-state index contributed by atoms with van der Waals surface area (Å²) in [5.74, 6) is -2.12. The van der Waals surface area contributed by atoms with Crippen LogP contribution in [0.15, 0.2) is 24.3 Å². The molecule has 0 aliphatic carbocycles. The second-order valence-electron chi connectivity index (χ2n) is 4.81. The summed E-state index contributed by atoms with van der Waals surface area (Å²) in [6.07, 6.45) is 2.97. The number of methoxy groups -OCH3 is 1. The summed E-state index contributed by atoms with van der Waals surface area (Å²) in [4.78, 5) is 24.3. The molecule has 2 rings (SSSR count). The molecule has 1 aromatic rings. The van der Waals surface area contributed by atoms with E-state index in [4.69, 9.17) is 9.84 Å². The molecule has 112 valence electrons. The fourth-order valence-electron chi connectivity index (χ4n) is 2.25. The number of benzene rings is 1. The molecule has 6 heteroatoms. The van der Waals surface area contributed by atoms with Gasteiger partial charge >= 0.3 is 5.97 Å². The van der Waals surface area contributed by atoms with E-state index in [1.165, 1.54) is 29.2 Å². The van der Waals surface area contributed by atoms with E-state index in [9.17, 15) is 14.0 Å². The highest BCUT2D eigenvalue weighted by atomic mass is 19.1. The molecular formula is C15H16FNO4. The van der Waals surface area contributed by atoms with Crippen LogP contribution in [0.2, 0.25) is 0 Å². The van der Waals surface area contributed by atoms with Crippen molar-refractivity contribution >= 4 is 18.0 Å². The molecule has 0 aromatic heterocycles. The zero-order valence-electron chi connectivity index (χ0n) is 11.6. The number of hydrogen-bond acceptors (Lipinski definition) is 3. The van der Waals surface area contributed by atoms with E-state index in [0.29, 0.717) is 18.7 Å². The van der Waals surface area contributed by atoms with Crippen LogP contribution in [0, 0.1) is 5.82 Å². The predicted molar refractivity (Wildman–Crippen MR) is 74.4 cm³/mol. The molecular weight excluding hydrogens is 277 g/mol. The highest BCUT2D eigenvalue weighted by Crippen LogP contribution is 2.19. The lowest BCUT2D eigenvalue weighted by Crippen LogP contribution is -2.30. The van der Waals surface area contributed by atoms with Crippen molar-refractivity contribution in [2.75, 3.05) is 20.2 Å². The number of likely N-dealkylation sites (tertiary alicyclic amines) is 1. The van der Waals surface area contributed by atoms with Gasteiger partial charge < -0.3 is 14.7 Å². The Morgan fingerprint density at radius 3 is 2.86 bits per heavy atom. The van der Waals surface area contributed by atoms with Crippen molar-refractivity contribution in [1.82, 2.24) is 4.90 Å². The van der Waals surface area contributed by atoms with Gasteiger partial charge in [-0.25, -0.2) is 9.18 Å². The summed E-state index contributed by atoms with van der Waals surface area (Å²) in [5, 5.41) is 8.59. The number of carboxylic acid groups (broad SMARTS) is 1. The van der Waals surface area contributed by atoms with Gasteiger partial charge in [-0.1, -0.05) is 6.07 Å². The Morgan fingerprint density at radius 1 is 1.48 bits per heavy atom. The number of hydrogen-bond donors (Lipinski definition) is 1. The molecule has 0 bridgehead atoms. The smallest absolute Gasteiger partial charge is 0.328 e. The molecule has 21 heavy (non-hydrogen) atoms. The Kier molecular flexibility index (Phi) is 4.70. The van der Waals surface area contributed by atoms with E-state index in [-0.39, 0.29) is 11.7 Å². The number of aliphatic carboxylic acids is 1. The third-order valence-electron chi connectivity index (χ3n) is 3.40. The van der Waals surface area contributed by atoms with Gasteiger partial charge in [-0.3, -0.25) is 4.79 Å². The summed E-state index contributed by atoms with van der Waals surface area (Å²) in [6.45, 7) is 0.954. The largest absolute Gasteiger partial charge is 0.478 e. The van der Waals surface area contributed by atoms with Gasteiger partial charge in [0.05, 0.1) is 11.7 Å². The number of ether oxygens (including phenoxy) is 1. The average molecular weight is 293 g/mol. The molecule has 0 spiro atoms. The van der Waals surface area contributed by atoms with E-state index < -0.39 is 17.7 Å². The zero-order valence-corrected chi connectivity index (χ0v) is 11.6. The molecule has 1 saturated heterocycles. The molecule has 1 aromatic carbocycles. The zero-order chi connectivity index (χ0) is 15.4. The average Bonchev–Trinajstić information content (AvgIpc) is 2.94. The SMILES string of the molecule is COC1CCN(C(=O)c2cc(/C=C/C(=O)O)ccc2F)C1. The van der Waals surface area contributed by atoms with Crippen LogP contribution < -0.4 is 0 Å². The number of amides is 1. The monoisotopic (exact) mass is 293 g/mol. The van der Waals surface area contributed by atoms with Gasteiger partial charge in [0, 0.05) is 26.3 Å². The number of carbonyl (C=O) groups is 2. The minimum atomic E-state index is -1.10. The van der Waals surface area contributed by atoms with Crippen LogP contribution in [0.5, 0.6) is 0 Å². The molecule has 1 unspecified atom stereocenters. The van der Waals surface area contributed by atoms with Gasteiger partial charge in [0.2, 0.25) is 0 Å². The summed E-state index contributed by atoms with van der Waals surface area (Å²) >= 11 is 0. The van der Waals surface area contributed by atoms with E-state index in [1.807, 2.05) is 0 Å². The van der Waals surface area contributed by atoms with Crippen molar-refractivity contribution in [3.05, 3.63) is 41.2 Å². The maximum Gasteiger partial charge on any atom is 0.328 e. The normalized spacial score (nSPS) is 18.4. The number of carboxylic acids is 1. The van der Waals surface area contributed by atoms with Crippen molar-refractivity contribution in [2.24, 2.45) is 0 Å². The topological polar surface area (TPSA) is 66.8 Å². The molecule has 1 N–H and O–H groups in total. The molecule has 0 saturated carbocycles. The van der Waals surface area contributed by atoms with Crippen molar-refractivity contribution < 1.29 is 23.8 Å². The van der Waals surface area contributed by atoms with Gasteiger partial charge in [0.15, 0.2) is 0 Å². The second-order valence-corrected chi connectivity index (χ2v) is 4.81. The van der Waals surface area contributed by atoms with Crippen LogP contribution in [0.3, 0.4) is 0 Å². The lowest BCUT2D eigenvalue weighted by atomic mass is 10.1. The van der Waals surface area contributed by atoms with Crippen LogP contribution in [0.25, 0.3) is 6.08 Å². The fraction of sp³-hybridized carbons (Fsp3) is 0.333. The van der Waals surface area contributed by atoms with E-state index >= 15 is 0 Å². The third-order valence-corrected chi connectivity index (χ3v) is 3.40. The Hall–Kier alpha value is -2.21. The fourth-order valence-corrected chi connectivity index (χ4v) is 2.25. The molecule has 1 aliphatic rings. The number of nitrogens with zero attached hydrogens (tertiary/aromatic N) is 1.